The summed E-state index contributed by atoms with van der Waals surface area (Å²) in [4.78, 5) is 4.19. The maximum atomic E-state index is 4.19. The van der Waals surface area contributed by atoms with E-state index in [1.54, 1.807) is 0 Å². The number of unbranched alkanes of at least 4 members (excludes halogenated alkanes) is 2. The van der Waals surface area contributed by atoms with Gasteiger partial charge in [0.25, 0.3) is 0 Å². The van der Waals surface area contributed by atoms with Crippen molar-refractivity contribution in [1.82, 2.24) is 0 Å². The zero-order chi connectivity index (χ0) is 7.66. The average molecular weight is 139 g/mol. The van der Waals surface area contributed by atoms with E-state index in [1.807, 2.05) is 25.3 Å². The van der Waals surface area contributed by atoms with Crippen LogP contribution in [0.5, 0.6) is 0 Å². The third kappa shape index (κ3) is 7.41. The molecule has 0 amide bonds. The van der Waals surface area contributed by atoms with E-state index >= 15 is 0 Å². The van der Waals surface area contributed by atoms with Crippen LogP contribution >= 0.6 is 0 Å². The highest BCUT2D eigenvalue weighted by Crippen LogP contribution is 1.92. The van der Waals surface area contributed by atoms with Gasteiger partial charge in [0.1, 0.15) is 0 Å². The minimum absolute atomic E-state index is 0.984. The molecule has 0 aromatic carbocycles. The molecule has 0 saturated heterocycles. The lowest BCUT2D eigenvalue weighted by atomic mass is 10.2. The fourth-order valence-electron chi connectivity index (χ4n) is 0.675. The van der Waals surface area contributed by atoms with Crippen LogP contribution in [-0.2, 0) is 0 Å². The highest BCUT2D eigenvalue weighted by atomic mass is 14.7. The second-order valence-electron chi connectivity index (χ2n) is 2.29. The number of hydrogen-bond donors (Lipinski definition) is 0. The zero-order valence-electron chi connectivity index (χ0n) is 7.01. The summed E-state index contributed by atoms with van der Waals surface area (Å²) in [5.41, 5.74) is 0. The van der Waals surface area contributed by atoms with Crippen molar-refractivity contribution in [3.05, 3.63) is 12.2 Å². The van der Waals surface area contributed by atoms with E-state index in [9.17, 15) is 0 Å². The molecule has 0 atom stereocenters. The second-order valence-corrected chi connectivity index (χ2v) is 2.29. The first-order valence-electron chi connectivity index (χ1n) is 4.03. The molecule has 0 rings (SSSR count). The van der Waals surface area contributed by atoms with Crippen LogP contribution < -0.4 is 0 Å². The van der Waals surface area contributed by atoms with E-state index in [0.717, 1.165) is 6.54 Å². The van der Waals surface area contributed by atoms with E-state index in [0.29, 0.717) is 0 Å². The lowest BCUT2D eigenvalue weighted by Crippen LogP contribution is -1.79. The molecule has 0 heterocycles. The molecular formula is C9H17N. The molecule has 0 aliphatic rings. The minimum atomic E-state index is 0.984. The predicted molar refractivity (Wildman–Crippen MR) is 47.7 cm³/mol. The molecule has 0 fully saturated rings. The van der Waals surface area contributed by atoms with Crippen LogP contribution in [0.1, 0.15) is 33.1 Å². The molecule has 1 nitrogen and oxygen atoms in total. The summed E-state index contributed by atoms with van der Waals surface area (Å²) in [6.07, 6.45) is 9.63. The Hall–Kier alpha value is -0.590. The van der Waals surface area contributed by atoms with Crippen molar-refractivity contribution >= 4 is 6.21 Å². The lowest BCUT2D eigenvalue weighted by Gasteiger charge is -1.89. The molecule has 0 unspecified atom stereocenters. The molecule has 0 saturated carbocycles. The molecule has 10 heavy (non-hydrogen) atoms. The quantitative estimate of drug-likeness (QED) is 0.410. The van der Waals surface area contributed by atoms with Gasteiger partial charge in [0.15, 0.2) is 0 Å². The van der Waals surface area contributed by atoms with Gasteiger partial charge >= 0.3 is 0 Å². The second kappa shape index (κ2) is 8.41. The van der Waals surface area contributed by atoms with Crippen LogP contribution in [-0.4, -0.2) is 12.8 Å². The van der Waals surface area contributed by atoms with Crippen molar-refractivity contribution in [3.8, 4) is 0 Å². The van der Waals surface area contributed by atoms with Crippen molar-refractivity contribution < 1.29 is 0 Å². The summed E-state index contributed by atoms with van der Waals surface area (Å²) in [5, 5.41) is 0. The van der Waals surface area contributed by atoms with Crippen molar-refractivity contribution in [2.45, 2.75) is 33.1 Å². The van der Waals surface area contributed by atoms with Crippen molar-refractivity contribution in [1.29, 1.82) is 0 Å². The molecule has 0 radical (unpaired) electrons. The lowest BCUT2D eigenvalue weighted by molar-refractivity contribution is 0.729. The van der Waals surface area contributed by atoms with Gasteiger partial charge in [0, 0.05) is 12.8 Å². The van der Waals surface area contributed by atoms with Gasteiger partial charge in [-0.15, -0.1) is 0 Å². The maximum absolute atomic E-state index is 4.19. The van der Waals surface area contributed by atoms with Crippen LogP contribution in [0.3, 0.4) is 0 Å². The molecule has 0 spiro atoms. The zero-order valence-corrected chi connectivity index (χ0v) is 7.01. The van der Waals surface area contributed by atoms with Gasteiger partial charge in [-0.25, -0.2) is 0 Å². The Kier molecular flexibility index (Phi) is 7.91. The van der Waals surface area contributed by atoms with Crippen LogP contribution in [0.2, 0.25) is 0 Å². The molecule has 0 N–H and O–H groups in total. The minimum Gasteiger partial charge on any atom is -0.293 e. The first-order valence-corrected chi connectivity index (χ1v) is 4.03. The molecule has 0 aliphatic carbocycles. The van der Waals surface area contributed by atoms with E-state index in [1.165, 1.54) is 19.3 Å². The van der Waals surface area contributed by atoms with E-state index in [2.05, 4.69) is 11.9 Å². The average Bonchev–Trinajstić information content (AvgIpc) is 1.97. The molecule has 0 aromatic rings. The van der Waals surface area contributed by atoms with Crippen LogP contribution in [0.15, 0.2) is 17.1 Å². The number of nitrogens with zero attached hydrogens (tertiary/aromatic N) is 1. The topological polar surface area (TPSA) is 12.4 Å². The third-order valence-corrected chi connectivity index (χ3v) is 1.27. The fourth-order valence-corrected chi connectivity index (χ4v) is 0.675. The molecular weight excluding hydrogens is 122 g/mol. The standard InChI is InChI=1S/C9H17N/c1-3-5-7-9-10-8-6-4-2/h4,6,8H,3,5,7,9H2,1-2H3/b6-4-,10-8?. The largest absolute Gasteiger partial charge is 0.293 e. The Morgan fingerprint density at radius 1 is 1.30 bits per heavy atom. The number of allylic oxidation sites excluding steroid dienone is 2. The predicted octanol–water partition coefficient (Wildman–Crippen LogP) is 2.82. The number of rotatable bonds is 5. The smallest absolute Gasteiger partial charge is 0.0389 e. The monoisotopic (exact) mass is 139 g/mol. The van der Waals surface area contributed by atoms with Gasteiger partial charge < -0.3 is 0 Å². The maximum Gasteiger partial charge on any atom is 0.0389 e. The SMILES string of the molecule is C/C=C\C=NCCCCC. The molecule has 0 aliphatic heterocycles. The van der Waals surface area contributed by atoms with Crippen LogP contribution in [0.25, 0.3) is 0 Å². The van der Waals surface area contributed by atoms with Crippen molar-refractivity contribution in [2.24, 2.45) is 4.99 Å². The number of hydrogen-bond acceptors (Lipinski definition) is 1. The molecule has 1 heteroatoms. The van der Waals surface area contributed by atoms with Crippen LogP contribution in [0.4, 0.5) is 0 Å². The van der Waals surface area contributed by atoms with Gasteiger partial charge in [-0.1, -0.05) is 25.8 Å². The fraction of sp³-hybridized carbons (Fsp3) is 0.667. The normalized spacial score (nSPS) is 11.8. The van der Waals surface area contributed by atoms with Gasteiger partial charge in [-0.3, -0.25) is 4.99 Å². The summed E-state index contributed by atoms with van der Waals surface area (Å²) >= 11 is 0. The van der Waals surface area contributed by atoms with E-state index in [4.69, 9.17) is 0 Å². The highest BCUT2D eigenvalue weighted by Gasteiger charge is 1.79. The third-order valence-electron chi connectivity index (χ3n) is 1.27. The Bertz CT molecular complexity index is 103. The van der Waals surface area contributed by atoms with Gasteiger partial charge in [0.2, 0.25) is 0 Å². The Labute approximate surface area is 63.9 Å². The molecule has 0 aromatic heterocycles. The van der Waals surface area contributed by atoms with Gasteiger partial charge in [-0.2, -0.15) is 0 Å². The van der Waals surface area contributed by atoms with Gasteiger partial charge in [0.05, 0.1) is 0 Å². The Morgan fingerprint density at radius 2 is 2.10 bits per heavy atom. The first-order chi connectivity index (χ1) is 4.91. The van der Waals surface area contributed by atoms with E-state index in [-0.39, 0.29) is 0 Å². The summed E-state index contributed by atoms with van der Waals surface area (Å²) < 4.78 is 0. The first kappa shape index (κ1) is 9.41. The molecule has 58 valence electrons. The highest BCUT2D eigenvalue weighted by molar-refractivity contribution is 5.70. The van der Waals surface area contributed by atoms with Gasteiger partial charge in [-0.05, 0) is 19.4 Å². The van der Waals surface area contributed by atoms with Crippen LogP contribution in [0, 0.1) is 0 Å². The number of aliphatic imine (C=N–C) groups is 1. The Morgan fingerprint density at radius 3 is 2.70 bits per heavy atom. The summed E-state index contributed by atoms with van der Waals surface area (Å²) in [6.45, 7) is 5.19. The van der Waals surface area contributed by atoms with E-state index < -0.39 is 0 Å². The summed E-state index contributed by atoms with van der Waals surface area (Å²) in [7, 11) is 0. The molecule has 0 bridgehead atoms. The Balaban J connectivity index is 3.02. The van der Waals surface area contributed by atoms with Crippen molar-refractivity contribution in [3.63, 3.8) is 0 Å². The van der Waals surface area contributed by atoms with Crippen molar-refractivity contribution in [2.75, 3.05) is 6.54 Å². The summed E-state index contributed by atoms with van der Waals surface area (Å²) in [5.74, 6) is 0. The summed E-state index contributed by atoms with van der Waals surface area (Å²) in [6, 6.07) is 0.